The number of methoxy groups -OCH3 is 1. The minimum atomic E-state index is -0.318. The molecule has 118 valence electrons. The molecule has 2 amide bonds. The number of nitrogens with one attached hydrogen (secondary N) is 1. The third-order valence-corrected chi connectivity index (χ3v) is 4.06. The van der Waals surface area contributed by atoms with Gasteiger partial charge in [-0.2, -0.15) is 0 Å². The fourth-order valence-electron chi connectivity index (χ4n) is 2.60. The Morgan fingerprint density at radius 1 is 1.26 bits per heavy atom. The van der Waals surface area contributed by atoms with Gasteiger partial charge in [0.25, 0.3) is 5.91 Å². The lowest BCUT2D eigenvalue weighted by atomic mass is 10.1. The van der Waals surface area contributed by atoms with Crippen molar-refractivity contribution in [3.05, 3.63) is 52.5 Å². The second-order valence-corrected chi connectivity index (χ2v) is 5.71. The number of likely N-dealkylation sites (N-methyl/N-ethyl adjacent to an activating group) is 1. The van der Waals surface area contributed by atoms with Crippen LogP contribution in [0.3, 0.4) is 0 Å². The van der Waals surface area contributed by atoms with Gasteiger partial charge in [-0.3, -0.25) is 9.59 Å². The molecule has 0 atom stereocenters. The first-order valence-corrected chi connectivity index (χ1v) is 7.42. The molecule has 1 aliphatic rings. The molecule has 1 heterocycles. The van der Waals surface area contributed by atoms with E-state index in [2.05, 4.69) is 5.32 Å². The standard InChI is InChI=1S/C17H15ClN2O3/c1-20-14-5-4-12(7-10(14)8-16(20)21)19-17(22)13-9-11(18)3-6-15(13)23-2/h3-7,9H,8H2,1-2H3,(H,19,22). The monoisotopic (exact) mass is 330 g/mol. The zero-order valence-electron chi connectivity index (χ0n) is 12.7. The normalized spacial score (nSPS) is 13.0. The Morgan fingerprint density at radius 3 is 2.78 bits per heavy atom. The summed E-state index contributed by atoms with van der Waals surface area (Å²) >= 11 is 5.95. The Morgan fingerprint density at radius 2 is 2.04 bits per heavy atom. The maximum absolute atomic E-state index is 12.4. The van der Waals surface area contributed by atoms with Gasteiger partial charge in [0.15, 0.2) is 0 Å². The highest BCUT2D eigenvalue weighted by atomic mass is 35.5. The van der Waals surface area contributed by atoms with Gasteiger partial charge in [-0.1, -0.05) is 11.6 Å². The number of anilines is 2. The van der Waals surface area contributed by atoms with Crippen LogP contribution in [0.5, 0.6) is 5.75 Å². The number of halogens is 1. The Labute approximate surface area is 138 Å². The molecule has 5 nitrogen and oxygen atoms in total. The van der Waals surface area contributed by atoms with E-state index in [1.165, 1.54) is 7.11 Å². The Hall–Kier alpha value is -2.53. The van der Waals surface area contributed by atoms with Crippen LogP contribution in [0.2, 0.25) is 5.02 Å². The van der Waals surface area contributed by atoms with Crippen LogP contribution in [0, 0.1) is 0 Å². The maximum Gasteiger partial charge on any atom is 0.259 e. The molecule has 0 unspecified atom stereocenters. The highest BCUT2D eigenvalue weighted by Crippen LogP contribution is 2.30. The number of carbonyl (C=O) groups is 2. The van der Waals surface area contributed by atoms with Gasteiger partial charge >= 0.3 is 0 Å². The van der Waals surface area contributed by atoms with E-state index >= 15 is 0 Å². The Bertz CT molecular complexity index is 804. The largest absolute Gasteiger partial charge is 0.496 e. The highest BCUT2D eigenvalue weighted by molar-refractivity contribution is 6.31. The van der Waals surface area contributed by atoms with Crippen molar-refractivity contribution in [1.82, 2.24) is 0 Å². The summed E-state index contributed by atoms with van der Waals surface area (Å²) < 4.78 is 5.19. The number of ether oxygens (including phenoxy) is 1. The van der Waals surface area contributed by atoms with E-state index < -0.39 is 0 Å². The minimum absolute atomic E-state index is 0.0417. The summed E-state index contributed by atoms with van der Waals surface area (Å²) in [5.41, 5.74) is 2.74. The van der Waals surface area contributed by atoms with Gasteiger partial charge < -0.3 is 15.0 Å². The molecule has 0 aliphatic carbocycles. The summed E-state index contributed by atoms with van der Waals surface area (Å²) in [4.78, 5) is 25.8. The fraction of sp³-hybridized carbons (Fsp3) is 0.176. The highest BCUT2D eigenvalue weighted by Gasteiger charge is 2.24. The Kier molecular flexibility index (Phi) is 3.96. The predicted molar refractivity (Wildman–Crippen MR) is 89.5 cm³/mol. The van der Waals surface area contributed by atoms with E-state index in [0.717, 1.165) is 11.3 Å². The first kappa shape index (κ1) is 15.4. The molecule has 0 saturated heterocycles. The van der Waals surface area contributed by atoms with Crippen molar-refractivity contribution in [2.45, 2.75) is 6.42 Å². The molecule has 2 aromatic carbocycles. The lowest BCUT2D eigenvalue weighted by molar-refractivity contribution is -0.117. The molecular weight excluding hydrogens is 316 g/mol. The fourth-order valence-corrected chi connectivity index (χ4v) is 2.78. The quantitative estimate of drug-likeness (QED) is 0.940. The summed E-state index contributed by atoms with van der Waals surface area (Å²) in [7, 11) is 3.24. The summed E-state index contributed by atoms with van der Waals surface area (Å²) in [5, 5.41) is 3.27. The molecule has 3 rings (SSSR count). The molecule has 0 radical (unpaired) electrons. The van der Waals surface area contributed by atoms with Crippen molar-refractivity contribution in [1.29, 1.82) is 0 Å². The number of carbonyl (C=O) groups excluding carboxylic acids is 2. The molecule has 0 saturated carbocycles. The molecule has 2 aromatic rings. The average Bonchev–Trinajstić information content (AvgIpc) is 2.81. The first-order chi connectivity index (χ1) is 11.0. The van der Waals surface area contributed by atoms with E-state index in [1.54, 1.807) is 36.2 Å². The second kappa shape index (κ2) is 5.93. The minimum Gasteiger partial charge on any atom is -0.496 e. The number of rotatable bonds is 3. The number of amides is 2. The van der Waals surface area contributed by atoms with Gasteiger partial charge in [-0.05, 0) is 42.0 Å². The zero-order chi connectivity index (χ0) is 16.6. The summed E-state index contributed by atoms with van der Waals surface area (Å²) in [5.74, 6) is 0.171. The molecule has 1 aliphatic heterocycles. The van der Waals surface area contributed by atoms with Crippen molar-refractivity contribution in [2.24, 2.45) is 0 Å². The van der Waals surface area contributed by atoms with Crippen LogP contribution < -0.4 is 15.0 Å². The third-order valence-electron chi connectivity index (χ3n) is 3.82. The van der Waals surface area contributed by atoms with Gasteiger partial charge in [-0.15, -0.1) is 0 Å². The van der Waals surface area contributed by atoms with E-state index in [9.17, 15) is 9.59 Å². The maximum atomic E-state index is 12.4. The van der Waals surface area contributed by atoms with Crippen LogP contribution in [0.15, 0.2) is 36.4 Å². The zero-order valence-corrected chi connectivity index (χ0v) is 13.5. The van der Waals surface area contributed by atoms with Gasteiger partial charge in [0.05, 0.1) is 19.1 Å². The average molecular weight is 331 g/mol. The molecule has 0 aromatic heterocycles. The van der Waals surface area contributed by atoms with Crippen molar-refractivity contribution in [3.8, 4) is 5.75 Å². The lowest BCUT2D eigenvalue weighted by Crippen LogP contribution is -2.20. The molecule has 0 spiro atoms. The summed E-state index contributed by atoms with van der Waals surface area (Å²) in [6.07, 6.45) is 0.343. The van der Waals surface area contributed by atoms with Gasteiger partial charge in [0, 0.05) is 23.4 Å². The van der Waals surface area contributed by atoms with Crippen molar-refractivity contribution in [2.75, 3.05) is 24.4 Å². The number of benzene rings is 2. The number of nitrogens with zero attached hydrogens (tertiary/aromatic N) is 1. The van der Waals surface area contributed by atoms with Crippen LogP contribution in [-0.2, 0) is 11.2 Å². The lowest BCUT2D eigenvalue weighted by Gasteiger charge is -2.12. The number of fused-ring (bicyclic) bond motifs is 1. The summed E-state index contributed by atoms with van der Waals surface area (Å²) in [6.45, 7) is 0. The van der Waals surface area contributed by atoms with Crippen molar-refractivity contribution in [3.63, 3.8) is 0 Å². The number of hydrogen-bond donors (Lipinski definition) is 1. The molecule has 0 fully saturated rings. The third kappa shape index (κ3) is 2.87. The molecular formula is C17H15ClN2O3. The van der Waals surface area contributed by atoms with Gasteiger partial charge in [-0.25, -0.2) is 0 Å². The molecule has 1 N–H and O–H groups in total. The van der Waals surface area contributed by atoms with E-state index in [4.69, 9.17) is 16.3 Å². The van der Waals surface area contributed by atoms with Crippen LogP contribution in [-0.4, -0.2) is 26.0 Å². The van der Waals surface area contributed by atoms with Crippen LogP contribution in [0.25, 0.3) is 0 Å². The predicted octanol–water partition coefficient (Wildman–Crippen LogP) is 3.12. The van der Waals surface area contributed by atoms with Crippen LogP contribution in [0.4, 0.5) is 11.4 Å². The Balaban J connectivity index is 1.86. The van der Waals surface area contributed by atoms with Gasteiger partial charge in [0.1, 0.15) is 5.75 Å². The van der Waals surface area contributed by atoms with E-state index in [-0.39, 0.29) is 11.8 Å². The number of hydrogen-bond acceptors (Lipinski definition) is 3. The summed E-state index contributed by atoms with van der Waals surface area (Å²) in [6, 6.07) is 10.3. The van der Waals surface area contributed by atoms with E-state index in [0.29, 0.717) is 28.4 Å². The SMILES string of the molecule is COc1ccc(Cl)cc1C(=O)Nc1ccc2c(c1)CC(=O)N2C. The first-order valence-electron chi connectivity index (χ1n) is 7.04. The second-order valence-electron chi connectivity index (χ2n) is 5.27. The van der Waals surface area contributed by atoms with E-state index in [1.807, 2.05) is 12.1 Å². The van der Waals surface area contributed by atoms with Crippen LogP contribution >= 0.6 is 11.6 Å². The molecule has 0 bridgehead atoms. The van der Waals surface area contributed by atoms with Crippen molar-refractivity contribution < 1.29 is 14.3 Å². The topological polar surface area (TPSA) is 58.6 Å². The van der Waals surface area contributed by atoms with Gasteiger partial charge in [0.2, 0.25) is 5.91 Å². The smallest absolute Gasteiger partial charge is 0.259 e. The van der Waals surface area contributed by atoms with Crippen LogP contribution in [0.1, 0.15) is 15.9 Å². The van der Waals surface area contributed by atoms with Crippen molar-refractivity contribution >= 4 is 34.8 Å². The molecule has 23 heavy (non-hydrogen) atoms. The molecule has 6 heteroatoms.